The predicted molar refractivity (Wildman–Crippen MR) is 161 cm³/mol. The maximum Gasteiger partial charge on any atom is 0.229 e. The normalized spacial score (nSPS) is 17.0. The van der Waals surface area contributed by atoms with Crippen LogP contribution < -0.4 is 24.4 Å². The van der Waals surface area contributed by atoms with Crippen LogP contribution >= 0.6 is 12.2 Å². The van der Waals surface area contributed by atoms with Gasteiger partial charge in [-0.15, -0.1) is 0 Å². The third-order valence-electron chi connectivity index (χ3n) is 6.96. The number of aryl methyl sites for hydroxylation is 1. The number of methoxy groups -OCH3 is 2. The molecule has 2 aromatic carbocycles. The van der Waals surface area contributed by atoms with Gasteiger partial charge < -0.3 is 24.3 Å². The van der Waals surface area contributed by atoms with E-state index < -0.39 is 10.0 Å². The molecule has 0 radical (unpaired) electrons. The number of hydrogen-bond acceptors (Lipinski definition) is 6. The molecule has 1 aliphatic rings. The van der Waals surface area contributed by atoms with Crippen LogP contribution in [0.25, 0.3) is 5.69 Å². The molecule has 11 heteroatoms. The fourth-order valence-electron chi connectivity index (χ4n) is 5.30. The van der Waals surface area contributed by atoms with Gasteiger partial charge in [0.25, 0.3) is 0 Å². The van der Waals surface area contributed by atoms with E-state index in [1.54, 1.807) is 25.4 Å². The minimum Gasteiger partial charge on any atom is -0.497 e. The first-order chi connectivity index (χ1) is 19.1. The molecule has 0 spiro atoms. The second-order valence-electron chi connectivity index (χ2n) is 9.62. The highest BCUT2D eigenvalue weighted by Gasteiger charge is 2.42. The molecule has 2 atom stereocenters. The largest absolute Gasteiger partial charge is 0.497 e. The molecular weight excluding hydrogens is 546 g/mol. The van der Waals surface area contributed by atoms with Crippen LogP contribution in [-0.2, 0) is 10.0 Å². The van der Waals surface area contributed by atoms with Gasteiger partial charge in [-0.3, -0.25) is 9.71 Å². The number of benzene rings is 2. The lowest BCUT2D eigenvalue weighted by atomic mass is 9.96. The highest BCUT2D eigenvalue weighted by Crippen LogP contribution is 2.45. The number of sulfonamides is 1. The third kappa shape index (κ3) is 5.22. The van der Waals surface area contributed by atoms with Crippen molar-refractivity contribution in [1.82, 2.24) is 14.9 Å². The molecule has 4 aromatic rings. The zero-order valence-electron chi connectivity index (χ0n) is 22.9. The zero-order chi connectivity index (χ0) is 28.6. The van der Waals surface area contributed by atoms with Gasteiger partial charge in [0.1, 0.15) is 11.5 Å². The zero-order valence-corrected chi connectivity index (χ0v) is 24.5. The molecule has 9 nitrogen and oxygen atoms in total. The maximum absolute atomic E-state index is 11.9. The summed E-state index contributed by atoms with van der Waals surface area (Å²) in [5, 5.41) is 4.01. The number of pyridine rings is 1. The first-order valence-corrected chi connectivity index (χ1v) is 14.9. The molecule has 40 heavy (non-hydrogen) atoms. The second-order valence-corrected chi connectivity index (χ2v) is 11.8. The fraction of sp³-hybridized carbons (Fsp3) is 0.241. The third-order valence-corrected chi connectivity index (χ3v) is 7.86. The lowest BCUT2D eigenvalue weighted by Gasteiger charge is -2.29. The van der Waals surface area contributed by atoms with E-state index in [1.807, 2.05) is 47.4 Å². The Kier molecular flexibility index (Phi) is 7.43. The van der Waals surface area contributed by atoms with Crippen molar-refractivity contribution in [1.29, 1.82) is 0 Å². The van der Waals surface area contributed by atoms with E-state index in [0.29, 0.717) is 16.5 Å². The number of thiocarbonyl (C=S) groups is 1. The van der Waals surface area contributed by atoms with E-state index in [1.165, 1.54) is 7.11 Å². The number of hydrogen-bond donors (Lipinski definition) is 2. The number of ether oxygens (including phenoxy) is 2. The van der Waals surface area contributed by atoms with E-state index in [4.69, 9.17) is 21.7 Å². The smallest absolute Gasteiger partial charge is 0.229 e. The highest BCUT2D eigenvalue weighted by atomic mass is 32.2. The van der Waals surface area contributed by atoms with Gasteiger partial charge in [0.05, 0.1) is 43.9 Å². The van der Waals surface area contributed by atoms with Gasteiger partial charge in [-0.1, -0.05) is 12.1 Å². The Morgan fingerprint density at radius 3 is 2.45 bits per heavy atom. The van der Waals surface area contributed by atoms with Gasteiger partial charge in [-0.05, 0) is 74.1 Å². The molecule has 0 bridgehead atoms. The summed E-state index contributed by atoms with van der Waals surface area (Å²) >= 11 is 5.90. The van der Waals surface area contributed by atoms with Crippen LogP contribution in [0.15, 0.2) is 72.9 Å². The summed E-state index contributed by atoms with van der Waals surface area (Å²) in [4.78, 5) is 6.69. The van der Waals surface area contributed by atoms with Crippen LogP contribution in [0.5, 0.6) is 11.5 Å². The van der Waals surface area contributed by atoms with Crippen molar-refractivity contribution in [2.24, 2.45) is 0 Å². The Balaban J connectivity index is 1.66. The summed E-state index contributed by atoms with van der Waals surface area (Å²) in [6.07, 6.45) is 2.87. The van der Waals surface area contributed by atoms with Crippen molar-refractivity contribution in [3.8, 4) is 17.2 Å². The molecule has 2 N–H and O–H groups in total. The average molecular weight is 578 g/mol. The molecule has 0 unspecified atom stereocenters. The molecule has 5 rings (SSSR count). The Morgan fingerprint density at radius 2 is 1.77 bits per heavy atom. The second kappa shape index (κ2) is 10.8. The number of anilines is 2. The first kappa shape index (κ1) is 27.5. The van der Waals surface area contributed by atoms with Gasteiger partial charge in [-0.2, -0.15) is 0 Å². The summed E-state index contributed by atoms with van der Waals surface area (Å²) in [5.74, 6) is 1.16. The van der Waals surface area contributed by atoms with Gasteiger partial charge in [0, 0.05) is 41.1 Å². The van der Waals surface area contributed by atoms with Crippen LogP contribution in [0, 0.1) is 13.8 Å². The molecule has 0 aliphatic carbocycles. The van der Waals surface area contributed by atoms with Crippen molar-refractivity contribution in [2.45, 2.75) is 25.9 Å². The SMILES string of the molecule is COc1cccc(-n2c(C)cc([C@H]3[C@@H](c4ccccn4)NC(=S)N3c3ccc(NS(C)(=O)=O)c(OC)c3)c2C)c1. The quantitative estimate of drug-likeness (QED) is 0.281. The topological polar surface area (TPSA) is 97.7 Å². The Bertz CT molecular complexity index is 1670. The predicted octanol–water partition coefficient (Wildman–Crippen LogP) is 5.05. The number of nitrogens with zero attached hydrogens (tertiary/aromatic N) is 3. The summed E-state index contributed by atoms with van der Waals surface area (Å²) in [6.45, 7) is 4.17. The monoisotopic (exact) mass is 577 g/mol. The van der Waals surface area contributed by atoms with Crippen molar-refractivity contribution in [3.05, 3.63) is 95.6 Å². The molecule has 0 saturated carbocycles. The maximum atomic E-state index is 11.9. The molecule has 1 aliphatic heterocycles. The Morgan fingerprint density at radius 1 is 0.975 bits per heavy atom. The Labute approximate surface area is 239 Å². The van der Waals surface area contributed by atoms with E-state index in [-0.39, 0.29) is 12.1 Å². The average Bonchev–Trinajstić information content (AvgIpc) is 3.43. The summed E-state index contributed by atoms with van der Waals surface area (Å²) in [7, 11) is -0.331. The first-order valence-electron chi connectivity index (χ1n) is 12.6. The number of aromatic nitrogens is 2. The standard InChI is InChI=1S/C29H31N5O4S2/c1-18-15-23(19(2)33(18)20-9-8-10-22(16-20)37-3)28-27(25-11-6-7-14-30-25)31-29(39)34(28)21-12-13-24(26(17-21)38-4)32-40(5,35)36/h6-17,27-28,32H,1-5H3,(H,31,39)/t27-,28+/m1/s1. The molecule has 1 fully saturated rings. The highest BCUT2D eigenvalue weighted by molar-refractivity contribution is 7.92. The molecule has 3 heterocycles. The van der Waals surface area contributed by atoms with Crippen molar-refractivity contribution >= 4 is 38.7 Å². The van der Waals surface area contributed by atoms with Crippen molar-refractivity contribution < 1.29 is 17.9 Å². The van der Waals surface area contributed by atoms with Gasteiger partial charge >= 0.3 is 0 Å². The van der Waals surface area contributed by atoms with Crippen molar-refractivity contribution in [2.75, 3.05) is 30.1 Å². The molecular formula is C29H31N5O4S2. The van der Waals surface area contributed by atoms with Crippen LogP contribution in [0.2, 0.25) is 0 Å². The molecule has 2 aromatic heterocycles. The van der Waals surface area contributed by atoms with E-state index >= 15 is 0 Å². The van der Waals surface area contributed by atoms with E-state index in [9.17, 15) is 8.42 Å². The van der Waals surface area contributed by atoms with Crippen molar-refractivity contribution in [3.63, 3.8) is 0 Å². The summed E-state index contributed by atoms with van der Waals surface area (Å²) < 4.78 is 39.6. The van der Waals surface area contributed by atoms with Gasteiger partial charge in [0.15, 0.2) is 5.11 Å². The lowest BCUT2D eigenvalue weighted by Crippen LogP contribution is -2.29. The minimum absolute atomic E-state index is 0.243. The van der Waals surface area contributed by atoms with Crippen LogP contribution in [0.3, 0.4) is 0 Å². The Hall–Kier alpha value is -4.09. The molecule has 208 valence electrons. The summed E-state index contributed by atoms with van der Waals surface area (Å²) in [6, 6.07) is 20.8. The fourth-order valence-corrected chi connectivity index (χ4v) is 6.21. The van der Waals surface area contributed by atoms with E-state index in [0.717, 1.165) is 46.0 Å². The summed E-state index contributed by atoms with van der Waals surface area (Å²) in [5.41, 5.74) is 6.13. The number of rotatable bonds is 8. The van der Waals surface area contributed by atoms with Crippen LogP contribution in [0.1, 0.15) is 34.7 Å². The number of nitrogens with one attached hydrogen (secondary N) is 2. The van der Waals surface area contributed by atoms with Crippen LogP contribution in [0.4, 0.5) is 11.4 Å². The van der Waals surface area contributed by atoms with Crippen LogP contribution in [-0.4, -0.2) is 43.6 Å². The lowest BCUT2D eigenvalue weighted by molar-refractivity contribution is 0.414. The van der Waals surface area contributed by atoms with Gasteiger partial charge in [-0.25, -0.2) is 8.42 Å². The molecule has 0 amide bonds. The molecule has 1 saturated heterocycles. The van der Waals surface area contributed by atoms with E-state index in [2.05, 4.69) is 45.6 Å². The van der Waals surface area contributed by atoms with Gasteiger partial charge in [0.2, 0.25) is 10.0 Å². The minimum atomic E-state index is -3.49.